The molecule has 0 spiro atoms. The first-order valence-electron chi connectivity index (χ1n) is 12.7. The highest BCUT2D eigenvalue weighted by molar-refractivity contribution is 6.20. The number of carbonyl (C=O) groups is 1. The van der Waals surface area contributed by atoms with Gasteiger partial charge in [-0.25, -0.2) is 0 Å². The van der Waals surface area contributed by atoms with Gasteiger partial charge in [0.2, 0.25) is 5.91 Å². The first kappa shape index (κ1) is 31.6. The van der Waals surface area contributed by atoms with Crippen LogP contribution >= 0.6 is 11.6 Å². The summed E-state index contributed by atoms with van der Waals surface area (Å²) >= 11 is 6.32. The van der Waals surface area contributed by atoms with E-state index in [1.165, 1.54) is 11.1 Å². The van der Waals surface area contributed by atoms with Gasteiger partial charge in [0, 0.05) is 18.5 Å². The molecule has 5 N–H and O–H groups in total. The van der Waals surface area contributed by atoms with Crippen LogP contribution in [0.25, 0.3) is 0 Å². The molecule has 1 amide bonds. The number of nitrogens with one attached hydrogen (secondary N) is 1. The van der Waals surface area contributed by atoms with Gasteiger partial charge in [0.1, 0.15) is 0 Å². The Morgan fingerprint density at radius 3 is 2.29 bits per heavy atom. The molecule has 0 saturated carbocycles. The number of hydrogen-bond donors (Lipinski definition) is 1. The zero-order valence-corrected chi connectivity index (χ0v) is 22.1. The summed E-state index contributed by atoms with van der Waals surface area (Å²) in [5.41, 5.74) is 4.65. The highest BCUT2D eigenvalue weighted by Crippen LogP contribution is 2.43. The Hall–Kier alpha value is -1.40. The molecule has 0 aromatic heterocycles. The summed E-state index contributed by atoms with van der Waals surface area (Å²) in [6, 6.07) is 8.68. The summed E-state index contributed by atoms with van der Waals surface area (Å²) in [7, 11) is 0. The number of rotatable bonds is 6. The predicted molar refractivity (Wildman–Crippen MR) is 148 cm³/mol. The number of amides is 1. The van der Waals surface area contributed by atoms with Crippen LogP contribution in [-0.2, 0) is 17.6 Å². The van der Waals surface area contributed by atoms with Crippen molar-refractivity contribution in [3.05, 3.63) is 47.0 Å². The Labute approximate surface area is 218 Å². The fourth-order valence-electron chi connectivity index (χ4n) is 6.26. The first-order valence-corrected chi connectivity index (χ1v) is 13.1. The van der Waals surface area contributed by atoms with E-state index in [4.69, 9.17) is 11.6 Å². The van der Waals surface area contributed by atoms with Crippen LogP contribution in [-0.4, -0.2) is 52.8 Å². The van der Waals surface area contributed by atoms with E-state index in [0.29, 0.717) is 23.1 Å². The Morgan fingerprint density at radius 2 is 1.77 bits per heavy atom. The molecule has 3 aliphatic rings. The van der Waals surface area contributed by atoms with Crippen LogP contribution in [0.3, 0.4) is 0 Å². The van der Waals surface area contributed by atoms with Gasteiger partial charge < -0.3 is 21.2 Å². The highest BCUT2D eigenvalue weighted by Gasteiger charge is 2.41. The van der Waals surface area contributed by atoms with Crippen molar-refractivity contribution in [2.45, 2.75) is 85.1 Å². The maximum absolute atomic E-state index is 13.6. The second-order valence-electron chi connectivity index (χ2n) is 11.4. The molecule has 1 saturated heterocycles. The fraction of sp³-hybridized carbons (Fsp3) is 0.690. The largest absolute Gasteiger partial charge is 0.412 e. The molecule has 2 aliphatic carbocycles. The lowest BCUT2D eigenvalue weighted by Crippen LogP contribution is -2.56. The van der Waals surface area contributed by atoms with Crippen LogP contribution in [0.2, 0.25) is 0 Å². The molecule has 0 radical (unpaired) electrons. The molecule has 0 bridgehead atoms. The molecule has 5 nitrogen and oxygen atoms in total. The van der Waals surface area contributed by atoms with E-state index in [-0.39, 0.29) is 35.8 Å². The number of carbonyl (C=O) groups excluding carboxylic acids is 1. The van der Waals surface area contributed by atoms with Crippen molar-refractivity contribution in [2.75, 3.05) is 19.6 Å². The van der Waals surface area contributed by atoms with Crippen molar-refractivity contribution in [3.63, 3.8) is 0 Å². The van der Waals surface area contributed by atoms with Gasteiger partial charge in [-0.2, -0.15) is 0 Å². The van der Waals surface area contributed by atoms with E-state index in [1.54, 1.807) is 5.57 Å². The number of likely N-dealkylation sites (tertiary alicyclic amines) is 1. The van der Waals surface area contributed by atoms with Crippen LogP contribution in [0.4, 0.5) is 0 Å². The smallest absolute Gasteiger partial charge is 0.239 e. The van der Waals surface area contributed by atoms with E-state index in [0.717, 1.165) is 58.2 Å². The third-order valence-electron chi connectivity index (χ3n) is 8.07. The average Bonchev–Trinajstić information content (AvgIpc) is 3.16. The zero-order chi connectivity index (χ0) is 22.9. The Kier molecular flexibility index (Phi) is 12.0. The molecule has 3 atom stereocenters. The Bertz CT molecular complexity index is 829. The minimum Gasteiger partial charge on any atom is -0.412 e. The summed E-state index contributed by atoms with van der Waals surface area (Å²) in [5.74, 6) is 1.74. The highest BCUT2D eigenvalue weighted by atomic mass is 35.5. The number of nitrogens with zero attached hydrogens (tertiary/aromatic N) is 1. The molecule has 6 heteroatoms. The second kappa shape index (κ2) is 13.2. The number of fused-ring (bicyclic) bond motifs is 1. The predicted octanol–water partition coefficient (Wildman–Crippen LogP) is 4.59. The number of hydrogen-bond acceptors (Lipinski definition) is 2. The summed E-state index contributed by atoms with van der Waals surface area (Å²) in [5, 5.41) is 3.98. The number of piperidine rings is 1. The third-order valence-corrected chi connectivity index (χ3v) is 8.46. The first-order chi connectivity index (χ1) is 15.2. The van der Waals surface area contributed by atoms with Gasteiger partial charge in [-0.3, -0.25) is 4.79 Å². The molecule has 200 valence electrons. The molecule has 1 aromatic carbocycles. The normalized spacial score (nSPS) is 24.4. The standard InChI is InChI=1S/C28H41ClN2O.CH4.2H2O/c1-19(2)26(30-17-20-15-22-7-5-6-8-23(22)16-20)27(32)31-14-13-25(28(3,4)18-31)21-9-11-24(29)12-10-21;;;/h5-9,19-20,24-26,30H,10-18H2,1-4H3;1H4;2*1H2/t24?,25-,26-;;;/m1.../s1. The number of benzene rings is 1. The summed E-state index contributed by atoms with van der Waals surface area (Å²) in [6.07, 6.45) is 8.92. The maximum atomic E-state index is 13.6. The van der Waals surface area contributed by atoms with Gasteiger partial charge in [-0.15, -0.1) is 11.6 Å². The van der Waals surface area contributed by atoms with Crippen LogP contribution in [0.15, 0.2) is 35.9 Å². The second-order valence-corrected chi connectivity index (χ2v) is 12.0. The molecule has 1 aromatic rings. The van der Waals surface area contributed by atoms with Crippen LogP contribution in [0.1, 0.15) is 71.9 Å². The average molecular weight is 509 g/mol. The summed E-state index contributed by atoms with van der Waals surface area (Å²) in [4.78, 5) is 15.8. The molecule has 1 fully saturated rings. The van der Waals surface area contributed by atoms with Gasteiger partial charge in [0.25, 0.3) is 0 Å². The van der Waals surface area contributed by atoms with Gasteiger partial charge in [-0.05, 0) is 79.4 Å². The molecular formula is C29H49ClN2O3. The van der Waals surface area contributed by atoms with Crippen molar-refractivity contribution in [2.24, 2.45) is 23.2 Å². The third kappa shape index (κ3) is 7.31. The fourth-order valence-corrected chi connectivity index (χ4v) is 6.46. The molecule has 1 aliphatic heterocycles. The summed E-state index contributed by atoms with van der Waals surface area (Å²) in [6.45, 7) is 11.7. The minimum absolute atomic E-state index is 0. The van der Waals surface area contributed by atoms with E-state index in [1.807, 2.05) is 0 Å². The minimum atomic E-state index is -0.100. The monoisotopic (exact) mass is 508 g/mol. The van der Waals surface area contributed by atoms with Gasteiger partial charge in [-0.1, -0.05) is 71.0 Å². The lowest BCUT2D eigenvalue weighted by atomic mass is 9.68. The van der Waals surface area contributed by atoms with Crippen LogP contribution in [0.5, 0.6) is 0 Å². The zero-order valence-electron chi connectivity index (χ0n) is 21.4. The van der Waals surface area contributed by atoms with Crippen molar-refractivity contribution in [1.29, 1.82) is 0 Å². The Balaban J connectivity index is 0.00000204. The van der Waals surface area contributed by atoms with Gasteiger partial charge in [0.15, 0.2) is 0 Å². The summed E-state index contributed by atoms with van der Waals surface area (Å²) < 4.78 is 0. The Morgan fingerprint density at radius 1 is 1.14 bits per heavy atom. The molecule has 4 rings (SSSR count). The van der Waals surface area contributed by atoms with Crippen molar-refractivity contribution in [3.8, 4) is 0 Å². The molecular weight excluding hydrogens is 460 g/mol. The number of halogens is 1. The van der Waals surface area contributed by atoms with E-state index in [9.17, 15) is 4.79 Å². The molecule has 35 heavy (non-hydrogen) atoms. The van der Waals surface area contributed by atoms with E-state index < -0.39 is 0 Å². The lowest BCUT2D eigenvalue weighted by molar-refractivity contribution is -0.138. The lowest BCUT2D eigenvalue weighted by Gasteiger charge is -2.47. The maximum Gasteiger partial charge on any atom is 0.239 e. The van der Waals surface area contributed by atoms with Gasteiger partial charge >= 0.3 is 0 Å². The molecule has 1 unspecified atom stereocenters. The van der Waals surface area contributed by atoms with E-state index >= 15 is 0 Å². The van der Waals surface area contributed by atoms with Crippen molar-refractivity contribution < 1.29 is 15.7 Å². The topological polar surface area (TPSA) is 95.3 Å². The van der Waals surface area contributed by atoms with Crippen molar-refractivity contribution in [1.82, 2.24) is 10.2 Å². The van der Waals surface area contributed by atoms with Crippen LogP contribution < -0.4 is 5.32 Å². The van der Waals surface area contributed by atoms with Crippen molar-refractivity contribution >= 4 is 17.5 Å². The molecule has 1 heterocycles. The number of allylic oxidation sites excluding steroid dienone is 2. The van der Waals surface area contributed by atoms with E-state index in [2.05, 4.69) is 68.3 Å². The van der Waals surface area contributed by atoms with Crippen LogP contribution in [0, 0.1) is 23.2 Å². The van der Waals surface area contributed by atoms with Gasteiger partial charge in [0.05, 0.1) is 6.04 Å². The number of alkyl halides is 1. The quantitative estimate of drug-likeness (QED) is 0.449. The SMILES string of the molecule is C.CC(C)[C@@H](NCC1Cc2ccccc2C1)C(=O)N1CC[C@H](C2=CCC(Cl)CC2)C(C)(C)C1.O.O.